The van der Waals surface area contributed by atoms with E-state index in [1.54, 1.807) is 12.4 Å². The Morgan fingerprint density at radius 1 is 1.00 bits per heavy atom. The summed E-state index contributed by atoms with van der Waals surface area (Å²) in [6.07, 6.45) is 2.93. The van der Waals surface area contributed by atoms with Gasteiger partial charge in [-0.05, 0) is 49.1 Å². The molecule has 2 aromatic rings. The molecule has 0 aliphatic carbocycles. The van der Waals surface area contributed by atoms with Crippen LogP contribution in [0.5, 0.6) is 0 Å². The van der Waals surface area contributed by atoms with Gasteiger partial charge in [0.25, 0.3) is 0 Å². The molecule has 1 heterocycles. The van der Waals surface area contributed by atoms with Crippen LogP contribution in [0.3, 0.4) is 0 Å². The Kier molecular flexibility index (Phi) is 3.25. The summed E-state index contributed by atoms with van der Waals surface area (Å²) in [5.41, 5.74) is 5.18. The van der Waals surface area contributed by atoms with E-state index in [4.69, 9.17) is 0 Å². The van der Waals surface area contributed by atoms with Crippen molar-refractivity contribution in [3.8, 4) is 0 Å². The molecule has 0 amide bonds. The van der Waals surface area contributed by atoms with Gasteiger partial charge in [0.2, 0.25) is 0 Å². The summed E-state index contributed by atoms with van der Waals surface area (Å²) in [6.45, 7) is 6.03. The van der Waals surface area contributed by atoms with Crippen molar-refractivity contribution in [2.24, 2.45) is 0 Å². The lowest BCUT2D eigenvalue weighted by Gasteiger charge is -2.16. The first-order chi connectivity index (χ1) is 8.09. The fourth-order valence-corrected chi connectivity index (χ4v) is 2.01. The normalized spacial score (nSPS) is 12.5. The summed E-state index contributed by atoms with van der Waals surface area (Å²) >= 11 is 0. The highest BCUT2D eigenvalue weighted by molar-refractivity contribution is 5.39. The van der Waals surface area contributed by atoms with Crippen LogP contribution in [0.2, 0.25) is 0 Å². The number of pyridine rings is 1. The minimum Gasteiger partial charge on any atom is -0.384 e. The van der Waals surface area contributed by atoms with Gasteiger partial charge in [0.05, 0.1) is 0 Å². The highest BCUT2D eigenvalue weighted by Gasteiger charge is 2.14. The number of nitrogens with zero attached hydrogens (tertiary/aromatic N) is 1. The second kappa shape index (κ2) is 4.68. The van der Waals surface area contributed by atoms with Gasteiger partial charge in [-0.2, -0.15) is 0 Å². The highest BCUT2D eigenvalue weighted by Crippen LogP contribution is 2.27. The van der Waals surface area contributed by atoms with Crippen molar-refractivity contribution in [1.29, 1.82) is 0 Å². The van der Waals surface area contributed by atoms with Crippen LogP contribution < -0.4 is 0 Å². The lowest BCUT2D eigenvalue weighted by molar-refractivity contribution is 0.218. The van der Waals surface area contributed by atoms with Crippen LogP contribution in [0, 0.1) is 20.8 Å². The van der Waals surface area contributed by atoms with Crippen LogP contribution in [0.4, 0.5) is 0 Å². The van der Waals surface area contributed by atoms with E-state index in [9.17, 15) is 5.11 Å². The topological polar surface area (TPSA) is 33.1 Å². The van der Waals surface area contributed by atoms with Crippen LogP contribution in [0.15, 0.2) is 36.7 Å². The molecule has 17 heavy (non-hydrogen) atoms. The zero-order valence-corrected chi connectivity index (χ0v) is 10.4. The van der Waals surface area contributed by atoms with Gasteiger partial charge in [-0.25, -0.2) is 0 Å². The number of benzene rings is 1. The van der Waals surface area contributed by atoms with Crippen LogP contribution in [0.25, 0.3) is 0 Å². The third-order valence-corrected chi connectivity index (χ3v) is 3.09. The predicted molar refractivity (Wildman–Crippen MR) is 69.0 cm³/mol. The van der Waals surface area contributed by atoms with Crippen molar-refractivity contribution < 1.29 is 5.11 Å². The van der Waals surface area contributed by atoms with Gasteiger partial charge in [0.15, 0.2) is 0 Å². The highest BCUT2D eigenvalue weighted by atomic mass is 16.3. The van der Waals surface area contributed by atoms with Crippen molar-refractivity contribution in [2.45, 2.75) is 26.9 Å². The number of rotatable bonds is 2. The van der Waals surface area contributed by atoms with Gasteiger partial charge in [-0.3, -0.25) is 4.98 Å². The molecule has 0 radical (unpaired) electrons. The minimum absolute atomic E-state index is 0.571. The van der Waals surface area contributed by atoms with Crippen LogP contribution in [-0.2, 0) is 0 Å². The summed E-state index contributed by atoms with van der Waals surface area (Å²) < 4.78 is 0. The molecule has 1 aromatic heterocycles. The summed E-state index contributed by atoms with van der Waals surface area (Å²) in [5.74, 6) is 0. The monoisotopic (exact) mass is 227 g/mol. The Morgan fingerprint density at radius 3 is 2.47 bits per heavy atom. The van der Waals surface area contributed by atoms with E-state index >= 15 is 0 Å². The second-order valence-corrected chi connectivity index (χ2v) is 4.49. The lowest BCUT2D eigenvalue weighted by Crippen LogP contribution is -2.04. The fraction of sp³-hybridized carbons (Fsp3) is 0.267. The number of hydrogen-bond donors (Lipinski definition) is 1. The smallest absolute Gasteiger partial charge is 0.105 e. The maximum Gasteiger partial charge on any atom is 0.105 e. The third kappa shape index (κ3) is 2.37. The van der Waals surface area contributed by atoms with Crippen molar-refractivity contribution >= 4 is 0 Å². The van der Waals surface area contributed by atoms with Gasteiger partial charge in [0.1, 0.15) is 6.10 Å². The molecule has 1 unspecified atom stereocenters. The zero-order chi connectivity index (χ0) is 12.4. The first-order valence-electron chi connectivity index (χ1n) is 5.75. The molecule has 1 atom stereocenters. The van der Waals surface area contributed by atoms with Crippen LogP contribution >= 0.6 is 0 Å². The van der Waals surface area contributed by atoms with Crippen LogP contribution in [-0.4, -0.2) is 10.1 Å². The first kappa shape index (κ1) is 11.8. The first-order valence-corrected chi connectivity index (χ1v) is 5.75. The van der Waals surface area contributed by atoms with E-state index in [0.29, 0.717) is 0 Å². The summed E-state index contributed by atoms with van der Waals surface area (Å²) in [5, 5.41) is 10.5. The summed E-state index contributed by atoms with van der Waals surface area (Å²) in [7, 11) is 0. The Hall–Kier alpha value is -1.67. The van der Waals surface area contributed by atoms with Gasteiger partial charge in [0, 0.05) is 12.4 Å². The Bertz CT molecular complexity index is 534. The molecule has 0 aliphatic rings. The van der Waals surface area contributed by atoms with Gasteiger partial charge >= 0.3 is 0 Å². The Labute approximate surface area is 102 Å². The maximum atomic E-state index is 10.5. The molecule has 0 bridgehead atoms. The maximum absolute atomic E-state index is 10.5. The lowest BCUT2D eigenvalue weighted by atomic mass is 9.94. The van der Waals surface area contributed by atoms with Crippen molar-refractivity contribution in [2.75, 3.05) is 0 Å². The minimum atomic E-state index is -0.571. The SMILES string of the molecule is Cc1ccc(C)c(C(O)c2ccncc2C)c1. The molecule has 2 rings (SSSR count). The van der Waals surface area contributed by atoms with E-state index in [2.05, 4.69) is 11.1 Å². The van der Waals surface area contributed by atoms with Crippen molar-refractivity contribution in [3.63, 3.8) is 0 Å². The molecular formula is C15H17NO. The predicted octanol–water partition coefficient (Wildman–Crippen LogP) is 3.09. The second-order valence-electron chi connectivity index (χ2n) is 4.49. The molecule has 0 fully saturated rings. The average Bonchev–Trinajstić information content (AvgIpc) is 2.32. The fourth-order valence-electron chi connectivity index (χ4n) is 2.01. The number of aliphatic hydroxyl groups excluding tert-OH is 1. The standard InChI is InChI=1S/C15H17NO/c1-10-4-5-11(2)14(8-10)15(17)13-6-7-16-9-12(13)3/h4-9,15,17H,1-3H3. The van der Waals surface area contributed by atoms with E-state index in [-0.39, 0.29) is 0 Å². The molecule has 0 aliphatic heterocycles. The summed E-state index contributed by atoms with van der Waals surface area (Å²) in [6, 6.07) is 8.02. The van der Waals surface area contributed by atoms with Crippen molar-refractivity contribution in [3.05, 3.63) is 64.5 Å². The molecule has 2 nitrogen and oxygen atoms in total. The van der Waals surface area contributed by atoms with Gasteiger partial charge in [-0.1, -0.05) is 23.8 Å². The van der Waals surface area contributed by atoms with E-state index in [1.807, 2.05) is 39.0 Å². The largest absolute Gasteiger partial charge is 0.384 e. The van der Waals surface area contributed by atoms with E-state index in [0.717, 1.165) is 27.8 Å². The number of hydrogen-bond acceptors (Lipinski definition) is 2. The molecule has 0 saturated heterocycles. The van der Waals surface area contributed by atoms with Crippen molar-refractivity contribution in [1.82, 2.24) is 4.98 Å². The van der Waals surface area contributed by atoms with Gasteiger partial charge in [-0.15, -0.1) is 0 Å². The summed E-state index contributed by atoms with van der Waals surface area (Å²) in [4.78, 5) is 4.05. The molecule has 1 aromatic carbocycles. The quantitative estimate of drug-likeness (QED) is 0.855. The van der Waals surface area contributed by atoms with Gasteiger partial charge < -0.3 is 5.11 Å². The number of aryl methyl sites for hydroxylation is 3. The molecule has 88 valence electrons. The van der Waals surface area contributed by atoms with E-state index in [1.165, 1.54) is 0 Å². The molecular weight excluding hydrogens is 210 g/mol. The number of aliphatic hydroxyl groups is 1. The Morgan fingerprint density at radius 2 is 1.76 bits per heavy atom. The van der Waals surface area contributed by atoms with Crippen LogP contribution in [0.1, 0.15) is 33.9 Å². The number of aromatic nitrogens is 1. The molecule has 2 heteroatoms. The van der Waals surface area contributed by atoms with E-state index < -0.39 is 6.10 Å². The molecule has 1 N–H and O–H groups in total. The zero-order valence-electron chi connectivity index (χ0n) is 10.4. The Balaban J connectivity index is 2.47. The molecule has 0 spiro atoms. The molecule has 0 saturated carbocycles. The third-order valence-electron chi connectivity index (χ3n) is 3.09. The average molecular weight is 227 g/mol.